The van der Waals surface area contributed by atoms with E-state index in [1.807, 2.05) is 31.2 Å². The maximum atomic E-state index is 12.4. The third-order valence-corrected chi connectivity index (χ3v) is 3.84. The summed E-state index contributed by atoms with van der Waals surface area (Å²) in [6, 6.07) is 17.2. The van der Waals surface area contributed by atoms with E-state index in [-0.39, 0.29) is 5.91 Å². The second-order valence-corrected chi connectivity index (χ2v) is 5.90. The molecule has 5 nitrogen and oxygen atoms in total. The Balaban J connectivity index is 1.81. The molecule has 2 N–H and O–H groups in total. The van der Waals surface area contributed by atoms with E-state index >= 15 is 0 Å². The Hall–Kier alpha value is -2.44. The average molecular weight is 372 g/mol. The van der Waals surface area contributed by atoms with E-state index in [0.717, 1.165) is 6.42 Å². The van der Waals surface area contributed by atoms with Gasteiger partial charge in [-0.1, -0.05) is 42.5 Å². The van der Waals surface area contributed by atoms with Crippen LogP contribution in [0.4, 0.5) is 0 Å². The van der Waals surface area contributed by atoms with Crippen LogP contribution >= 0.6 is 12.2 Å². The van der Waals surface area contributed by atoms with Gasteiger partial charge in [-0.05, 0) is 43.3 Å². The van der Waals surface area contributed by atoms with Crippen molar-refractivity contribution in [2.24, 2.45) is 0 Å². The highest BCUT2D eigenvalue weighted by Gasteiger charge is 2.13. The standard InChI is InChI=1S/C20H24N2O3S/c1-2-24-14-15-25-18-11-7-6-10-17(18)19(23)22-20(26)21-13-12-16-8-4-3-5-9-16/h3-11H,2,12-15H2,1H3,(H2,21,22,23,26). The lowest BCUT2D eigenvalue weighted by molar-refractivity contribution is 0.0958. The summed E-state index contributed by atoms with van der Waals surface area (Å²) in [7, 11) is 0. The van der Waals surface area contributed by atoms with Crippen molar-refractivity contribution in [2.45, 2.75) is 13.3 Å². The van der Waals surface area contributed by atoms with E-state index in [0.29, 0.717) is 42.8 Å². The summed E-state index contributed by atoms with van der Waals surface area (Å²) in [5.74, 6) is 0.214. The highest BCUT2D eigenvalue weighted by Crippen LogP contribution is 2.17. The molecule has 0 radical (unpaired) electrons. The Labute approximate surface area is 159 Å². The van der Waals surface area contributed by atoms with Gasteiger partial charge < -0.3 is 14.8 Å². The Kier molecular flexibility index (Phi) is 8.59. The minimum Gasteiger partial charge on any atom is -0.490 e. The summed E-state index contributed by atoms with van der Waals surface area (Å²) < 4.78 is 10.9. The van der Waals surface area contributed by atoms with E-state index < -0.39 is 0 Å². The highest BCUT2D eigenvalue weighted by molar-refractivity contribution is 7.80. The van der Waals surface area contributed by atoms with Crippen molar-refractivity contribution in [3.8, 4) is 5.75 Å². The van der Waals surface area contributed by atoms with E-state index in [2.05, 4.69) is 22.8 Å². The van der Waals surface area contributed by atoms with Crippen molar-refractivity contribution in [3.63, 3.8) is 0 Å². The number of carbonyl (C=O) groups is 1. The lowest BCUT2D eigenvalue weighted by atomic mass is 10.1. The number of hydrogen-bond donors (Lipinski definition) is 2. The first kappa shape index (κ1) is 19.9. The Morgan fingerprint density at radius 2 is 1.77 bits per heavy atom. The third kappa shape index (κ3) is 6.82. The topological polar surface area (TPSA) is 59.6 Å². The number of nitrogens with one attached hydrogen (secondary N) is 2. The molecular weight excluding hydrogens is 348 g/mol. The van der Waals surface area contributed by atoms with Crippen LogP contribution in [0.25, 0.3) is 0 Å². The van der Waals surface area contributed by atoms with Gasteiger partial charge >= 0.3 is 0 Å². The second kappa shape index (κ2) is 11.2. The first-order chi connectivity index (χ1) is 12.7. The van der Waals surface area contributed by atoms with Crippen LogP contribution in [0.3, 0.4) is 0 Å². The van der Waals surface area contributed by atoms with Crippen LogP contribution < -0.4 is 15.4 Å². The summed E-state index contributed by atoms with van der Waals surface area (Å²) in [5, 5.41) is 6.05. The quantitative estimate of drug-likeness (QED) is 0.524. The number of hydrogen-bond acceptors (Lipinski definition) is 4. The Bertz CT molecular complexity index is 707. The number of thiocarbonyl (C=S) groups is 1. The molecule has 6 heteroatoms. The molecule has 0 aliphatic rings. The number of carbonyl (C=O) groups excluding carboxylic acids is 1. The molecule has 0 bridgehead atoms. The molecule has 0 spiro atoms. The number of amides is 1. The van der Waals surface area contributed by atoms with Gasteiger partial charge in [-0.3, -0.25) is 10.1 Å². The Morgan fingerprint density at radius 3 is 2.54 bits per heavy atom. The maximum Gasteiger partial charge on any atom is 0.261 e. The van der Waals surface area contributed by atoms with Gasteiger partial charge in [0.25, 0.3) is 5.91 Å². The molecular formula is C20H24N2O3S. The van der Waals surface area contributed by atoms with Crippen molar-refractivity contribution < 1.29 is 14.3 Å². The first-order valence-electron chi connectivity index (χ1n) is 8.63. The predicted octanol–water partition coefficient (Wildman–Crippen LogP) is 2.95. The molecule has 26 heavy (non-hydrogen) atoms. The SMILES string of the molecule is CCOCCOc1ccccc1C(=O)NC(=S)NCCc1ccccc1. The number of rotatable bonds is 9. The zero-order valence-corrected chi connectivity index (χ0v) is 15.7. The fraction of sp³-hybridized carbons (Fsp3) is 0.300. The van der Waals surface area contributed by atoms with Crippen molar-refractivity contribution in [1.82, 2.24) is 10.6 Å². The van der Waals surface area contributed by atoms with E-state index in [4.69, 9.17) is 21.7 Å². The van der Waals surface area contributed by atoms with Gasteiger partial charge in [0, 0.05) is 13.2 Å². The molecule has 0 saturated heterocycles. The zero-order chi connectivity index (χ0) is 18.6. The van der Waals surface area contributed by atoms with Gasteiger partial charge in [0.05, 0.1) is 12.2 Å². The molecule has 0 aromatic heterocycles. The second-order valence-electron chi connectivity index (χ2n) is 5.49. The van der Waals surface area contributed by atoms with Crippen LogP contribution in [-0.2, 0) is 11.2 Å². The molecule has 0 heterocycles. The Morgan fingerprint density at radius 1 is 1.04 bits per heavy atom. The molecule has 0 aliphatic heterocycles. The van der Waals surface area contributed by atoms with Gasteiger partial charge in [-0.2, -0.15) is 0 Å². The largest absolute Gasteiger partial charge is 0.490 e. The number of para-hydroxylation sites is 1. The van der Waals surface area contributed by atoms with Crippen molar-refractivity contribution in [1.29, 1.82) is 0 Å². The van der Waals surface area contributed by atoms with Crippen LogP contribution in [-0.4, -0.2) is 37.4 Å². The molecule has 1 amide bonds. The third-order valence-electron chi connectivity index (χ3n) is 3.59. The molecule has 0 atom stereocenters. The molecule has 0 fully saturated rings. The van der Waals surface area contributed by atoms with Crippen LogP contribution in [0.1, 0.15) is 22.8 Å². The summed E-state index contributed by atoms with van der Waals surface area (Å²) in [6.07, 6.45) is 0.827. The zero-order valence-electron chi connectivity index (χ0n) is 14.9. The highest BCUT2D eigenvalue weighted by atomic mass is 32.1. The lowest BCUT2D eigenvalue weighted by Gasteiger charge is -2.13. The number of ether oxygens (including phenoxy) is 2. The molecule has 0 aliphatic carbocycles. The molecule has 138 valence electrons. The fourth-order valence-corrected chi connectivity index (χ4v) is 2.51. The van der Waals surface area contributed by atoms with Crippen LogP contribution in [0.5, 0.6) is 5.75 Å². The molecule has 2 aromatic carbocycles. The summed E-state index contributed by atoms with van der Waals surface area (Å²) >= 11 is 5.21. The monoisotopic (exact) mass is 372 g/mol. The van der Waals surface area contributed by atoms with Crippen molar-refractivity contribution >= 4 is 23.2 Å². The maximum absolute atomic E-state index is 12.4. The summed E-state index contributed by atoms with van der Waals surface area (Å²) in [6.45, 7) is 4.07. The molecule has 2 aromatic rings. The first-order valence-corrected chi connectivity index (χ1v) is 9.04. The number of benzene rings is 2. The molecule has 0 saturated carbocycles. The predicted molar refractivity (Wildman–Crippen MR) is 107 cm³/mol. The minimum absolute atomic E-state index is 0.297. The van der Waals surface area contributed by atoms with Crippen LogP contribution in [0.2, 0.25) is 0 Å². The van der Waals surface area contributed by atoms with E-state index in [1.54, 1.807) is 18.2 Å². The van der Waals surface area contributed by atoms with Crippen LogP contribution in [0.15, 0.2) is 54.6 Å². The summed E-state index contributed by atoms with van der Waals surface area (Å²) in [5.41, 5.74) is 1.65. The van der Waals surface area contributed by atoms with E-state index in [1.165, 1.54) is 5.56 Å². The normalized spacial score (nSPS) is 10.2. The van der Waals surface area contributed by atoms with Gasteiger partial charge in [0.1, 0.15) is 12.4 Å². The lowest BCUT2D eigenvalue weighted by Crippen LogP contribution is -2.40. The van der Waals surface area contributed by atoms with Crippen molar-refractivity contribution in [2.75, 3.05) is 26.4 Å². The minimum atomic E-state index is -0.297. The van der Waals surface area contributed by atoms with Gasteiger partial charge in [0.15, 0.2) is 5.11 Å². The van der Waals surface area contributed by atoms with Gasteiger partial charge in [-0.25, -0.2) is 0 Å². The molecule has 2 rings (SSSR count). The summed E-state index contributed by atoms with van der Waals surface area (Å²) in [4.78, 5) is 12.4. The molecule has 0 unspecified atom stereocenters. The smallest absolute Gasteiger partial charge is 0.261 e. The fourth-order valence-electron chi connectivity index (χ4n) is 2.31. The van der Waals surface area contributed by atoms with Crippen molar-refractivity contribution in [3.05, 3.63) is 65.7 Å². The average Bonchev–Trinajstić information content (AvgIpc) is 2.66. The van der Waals surface area contributed by atoms with Gasteiger partial charge in [0.2, 0.25) is 0 Å². The van der Waals surface area contributed by atoms with E-state index in [9.17, 15) is 4.79 Å². The van der Waals surface area contributed by atoms with Crippen LogP contribution in [0, 0.1) is 0 Å². The van der Waals surface area contributed by atoms with Gasteiger partial charge in [-0.15, -0.1) is 0 Å².